The van der Waals surface area contributed by atoms with Gasteiger partial charge in [0.25, 0.3) is 11.8 Å². The lowest BCUT2D eigenvalue weighted by atomic mass is 9.99. The molecule has 0 aliphatic carbocycles. The summed E-state index contributed by atoms with van der Waals surface area (Å²) in [5, 5.41) is 5.89. The molecule has 0 unspecified atom stereocenters. The molecular weight excluding hydrogens is 426 g/mol. The van der Waals surface area contributed by atoms with Crippen molar-refractivity contribution in [3.05, 3.63) is 94.2 Å². The molecule has 6 nitrogen and oxygen atoms in total. The Morgan fingerprint density at radius 1 is 0.735 bits per heavy atom. The van der Waals surface area contributed by atoms with Crippen LogP contribution in [0.1, 0.15) is 34.7 Å². The predicted molar refractivity (Wildman–Crippen MR) is 136 cm³/mol. The number of carbonyl (C=O) groups excluding carboxylic acids is 3. The molecule has 172 valence electrons. The molecule has 0 bridgehead atoms. The number of aryl methyl sites for hydroxylation is 4. The summed E-state index contributed by atoms with van der Waals surface area (Å²) in [4.78, 5) is 39.9. The lowest BCUT2D eigenvalue weighted by molar-refractivity contribution is -0.120. The van der Waals surface area contributed by atoms with E-state index in [4.69, 9.17) is 0 Å². The maximum absolute atomic E-state index is 13.7. The molecule has 1 heterocycles. The van der Waals surface area contributed by atoms with Crippen molar-refractivity contribution in [3.8, 4) is 0 Å². The standard InChI is InChI=1S/C28H27N3O3/c1-16-6-7-18(3)24(14-16)31-27(33)25(21-9-8-17(2)19(4)15-21)26(28(31)34)30-23-12-10-22(11-13-23)29-20(5)32/h6-15,30H,1-5H3,(H,29,32). The van der Waals surface area contributed by atoms with Gasteiger partial charge in [-0.3, -0.25) is 14.4 Å². The molecule has 3 aromatic rings. The van der Waals surface area contributed by atoms with E-state index in [0.29, 0.717) is 28.2 Å². The maximum Gasteiger partial charge on any atom is 0.282 e. The maximum atomic E-state index is 13.7. The summed E-state index contributed by atoms with van der Waals surface area (Å²) in [7, 11) is 0. The van der Waals surface area contributed by atoms with Gasteiger partial charge < -0.3 is 10.6 Å². The van der Waals surface area contributed by atoms with Crippen molar-refractivity contribution in [3.63, 3.8) is 0 Å². The molecule has 3 amide bonds. The number of hydrogen-bond acceptors (Lipinski definition) is 4. The fraction of sp³-hybridized carbons (Fsp3) is 0.179. The molecule has 2 N–H and O–H groups in total. The summed E-state index contributed by atoms with van der Waals surface area (Å²) < 4.78 is 0. The predicted octanol–water partition coefficient (Wildman–Crippen LogP) is 5.28. The first-order valence-electron chi connectivity index (χ1n) is 11.1. The minimum atomic E-state index is -0.405. The molecule has 6 heteroatoms. The zero-order valence-electron chi connectivity index (χ0n) is 19.9. The summed E-state index contributed by atoms with van der Waals surface area (Å²) in [6.07, 6.45) is 0. The Morgan fingerprint density at radius 2 is 1.38 bits per heavy atom. The van der Waals surface area contributed by atoms with Crippen LogP contribution in [-0.4, -0.2) is 17.7 Å². The molecule has 0 fully saturated rings. The molecule has 0 saturated carbocycles. The summed E-state index contributed by atoms with van der Waals surface area (Å²) in [5.41, 5.74) is 7.05. The van der Waals surface area contributed by atoms with Gasteiger partial charge in [0.1, 0.15) is 5.70 Å². The van der Waals surface area contributed by atoms with E-state index < -0.39 is 5.91 Å². The topological polar surface area (TPSA) is 78.5 Å². The van der Waals surface area contributed by atoms with Crippen LogP contribution in [-0.2, 0) is 14.4 Å². The van der Waals surface area contributed by atoms with Crippen LogP contribution < -0.4 is 15.5 Å². The summed E-state index contributed by atoms with van der Waals surface area (Å²) in [5.74, 6) is -0.932. The summed E-state index contributed by atoms with van der Waals surface area (Å²) >= 11 is 0. The van der Waals surface area contributed by atoms with E-state index >= 15 is 0 Å². The Kier molecular flexibility index (Phi) is 6.07. The fourth-order valence-electron chi connectivity index (χ4n) is 3.97. The first kappa shape index (κ1) is 23.0. The van der Waals surface area contributed by atoms with Crippen LogP contribution in [0.2, 0.25) is 0 Å². The van der Waals surface area contributed by atoms with Gasteiger partial charge in [0.2, 0.25) is 5.91 Å². The van der Waals surface area contributed by atoms with Crippen molar-refractivity contribution in [1.82, 2.24) is 0 Å². The van der Waals surface area contributed by atoms with Crippen LogP contribution in [0.5, 0.6) is 0 Å². The molecule has 3 aromatic carbocycles. The smallest absolute Gasteiger partial charge is 0.282 e. The van der Waals surface area contributed by atoms with Gasteiger partial charge in [-0.25, -0.2) is 4.90 Å². The lowest BCUT2D eigenvalue weighted by Crippen LogP contribution is -2.33. The molecule has 4 rings (SSSR count). The molecule has 0 aromatic heterocycles. The lowest BCUT2D eigenvalue weighted by Gasteiger charge is -2.18. The molecular formula is C28H27N3O3. The minimum absolute atomic E-state index is 0.166. The number of carbonyl (C=O) groups is 3. The Bertz CT molecular complexity index is 1350. The van der Waals surface area contributed by atoms with Crippen molar-refractivity contribution in [1.29, 1.82) is 0 Å². The van der Waals surface area contributed by atoms with Crippen molar-refractivity contribution < 1.29 is 14.4 Å². The number of benzene rings is 3. The third-order valence-electron chi connectivity index (χ3n) is 5.96. The first-order chi connectivity index (χ1) is 16.2. The number of rotatable bonds is 5. The molecule has 0 saturated heterocycles. The highest BCUT2D eigenvalue weighted by molar-refractivity contribution is 6.46. The molecule has 0 spiro atoms. The van der Waals surface area contributed by atoms with Crippen LogP contribution in [0.15, 0.2) is 66.4 Å². The highest BCUT2D eigenvalue weighted by Gasteiger charge is 2.41. The number of amides is 3. The summed E-state index contributed by atoms with van der Waals surface area (Å²) in [6, 6.07) is 18.5. The number of anilines is 3. The normalized spacial score (nSPS) is 13.5. The largest absolute Gasteiger partial charge is 0.350 e. The second kappa shape index (κ2) is 8.98. The van der Waals surface area contributed by atoms with Crippen molar-refractivity contribution in [2.75, 3.05) is 15.5 Å². The number of imide groups is 1. The van der Waals surface area contributed by atoms with E-state index in [0.717, 1.165) is 22.3 Å². The van der Waals surface area contributed by atoms with Crippen LogP contribution in [0.3, 0.4) is 0 Å². The number of hydrogen-bond donors (Lipinski definition) is 2. The van der Waals surface area contributed by atoms with Crippen molar-refractivity contribution >= 4 is 40.4 Å². The van der Waals surface area contributed by atoms with Gasteiger partial charge in [-0.15, -0.1) is 0 Å². The summed E-state index contributed by atoms with van der Waals surface area (Å²) in [6.45, 7) is 9.25. The minimum Gasteiger partial charge on any atom is -0.350 e. The van der Waals surface area contributed by atoms with E-state index in [2.05, 4.69) is 10.6 Å². The Labute approximate surface area is 199 Å². The molecule has 0 radical (unpaired) electrons. The number of nitrogens with one attached hydrogen (secondary N) is 2. The average Bonchev–Trinajstić information content (AvgIpc) is 3.02. The van der Waals surface area contributed by atoms with Gasteiger partial charge in [-0.1, -0.05) is 30.3 Å². The molecule has 34 heavy (non-hydrogen) atoms. The van der Waals surface area contributed by atoms with Gasteiger partial charge in [0.05, 0.1) is 11.3 Å². The highest BCUT2D eigenvalue weighted by atomic mass is 16.2. The van der Waals surface area contributed by atoms with Gasteiger partial charge >= 0.3 is 0 Å². The second-order valence-corrected chi connectivity index (χ2v) is 8.67. The third kappa shape index (κ3) is 4.35. The quantitative estimate of drug-likeness (QED) is 0.516. The fourth-order valence-corrected chi connectivity index (χ4v) is 3.97. The van der Waals surface area contributed by atoms with Gasteiger partial charge in [-0.2, -0.15) is 0 Å². The first-order valence-corrected chi connectivity index (χ1v) is 11.1. The monoisotopic (exact) mass is 453 g/mol. The third-order valence-corrected chi connectivity index (χ3v) is 5.96. The van der Waals surface area contributed by atoms with E-state index in [1.54, 1.807) is 24.3 Å². The molecule has 1 aliphatic heterocycles. The van der Waals surface area contributed by atoms with Crippen LogP contribution in [0.25, 0.3) is 5.57 Å². The van der Waals surface area contributed by atoms with Gasteiger partial charge in [0, 0.05) is 18.3 Å². The van der Waals surface area contributed by atoms with Crippen LogP contribution in [0, 0.1) is 27.7 Å². The molecule has 1 aliphatic rings. The van der Waals surface area contributed by atoms with Crippen LogP contribution in [0.4, 0.5) is 17.1 Å². The van der Waals surface area contributed by atoms with Gasteiger partial charge in [0.15, 0.2) is 0 Å². The van der Waals surface area contributed by atoms with Crippen molar-refractivity contribution in [2.24, 2.45) is 0 Å². The Hall–Kier alpha value is -4.19. The zero-order chi connectivity index (χ0) is 24.6. The van der Waals surface area contributed by atoms with Gasteiger partial charge in [-0.05, 0) is 85.8 Å². The van der Waals surface area contributed by atoms with E-state index in [9.17, 15) is 14.4 Å². The Balaban J connectivity index is 1.80. The SMILES string of the molecule is CC(=O)Nc1ccc(NC2=C(c3ccc(C)c(C)c3)C(=O)N(c3cc(C)ccc3C)C2=O)cc1. The van der Waals surface area contributed by atoms with E-state index in [-0.39, 0.29) is 17.5 Å². The van der Waals surface area contributed by atoms with Crippen molar-refractivity contribution in [2.45, 2.75) is 34.6 Å². The second-order valence-electron chi connectivity index (χ2n) is 8.67. The van der Waals surface area contributed by atoms with E-state index in [1.165, 1.54) is 11.8 Å². The van der Waals surface area contributed by atoms with Crippen LogP contribution >= 0.6 is 0 Å². The number of nitrogens with zero attached hydrogens (tertiary/aromatic N) is 1. The molecule has 0 atom stereocenters. The zero-order valence-corrected chi connectivity index (χ0v) is 19.9. The van der Waals surface area contributed by atoms with E-state index in [1.807, 2.05) is 64.1 Å². The average molecular weight is 454 g/mol. The Morgan fingerprint density at radius 3 is 2.03 bits per heavy atom. The highest BCUT2D eigenvalue weighted by Crippen LogP contribution is 2.36.